The van der Waals surface area contributed by atoms with E-state index in [0.29, 0.717) is 0 Å². The van der Waals surface area contributed by atoms with Crippen LogP contribution < -0.4 is 10.6 Å². The van der Waals surface area contributed by atoms with Gasteiger partial charge in [-0.25, -0.2) is 0 Å². The molecular weight excluding hydrogens is 856 g/mol. The van der Waals surface area contributed by atoms with Gasteiger partial charge in [-0.15, -0.1) is 12.6 Å². The van der Waals surface area contributed by atoms with Crippen molar-refractivity contribution >= 4 is 24.4 Å². The fourth-order valence-electron chi connectivity index (χ4n) is 7.15. The molecule has 24 atom stereocenters. The maximum atomic E-state index is 12.4. The van der Waals surface area contributed by atoms with E-state index >= 15 is 0 Å². The summed E-state index contributed by atoms with van der Waals surface area (Å²) in [6.45, 7) is -1.10. The van der Waals surface area contributed by atoms with Crippen molar-refractivity contribution in [1.82, 2.24) is 10.6 Å². The van der Waals surface area contributed by atoms with Gasteiger partial charge < -0.3 is 125 Å². The molecule has 0 aromatic carbocycles. The first-order valence-corrected chi connectivity index (χ1v) is 19.6. The highest BCUT2D eigenvalue weighted by atomic mass is 32.1. The van der Waals surface area contributed by atoms with E-state index in [-0.39, 0.29) is 0 Å². The van der Waals surface area contributed by atoms with Gasteiger partial charge in [-0.05, 0) is 6.42 Å². The SMILES string of the molecule is CC(=O)NC1C(S)OC(CO)C(OC2OC(CO)C(OC3OC(OC(O)C(O)C(O)C(O)CCO)C(O)C(OC4OC(CO)C([OH2+])C(O)C4O)C3O)C(O)C2NC(C)=O)C1O. The topological polar surface area (TPSA) is 438 Å². The van der Waals surface area contributed by atoms with Gasteiger partial charge >= 0.3 is 0 Å². The van der Waals surface area contributed by atoms with Crippen molar-refractivity contribution in [2.45, 2.75) is 167 Å². The van der Waals surface area contributed by atoms with Crippen molar-refractivity contribution in [3.8, 4) is 0 Å². The van der Waals surface area contributed by atoms with Crippen LogP contribution in [0.3, 0.4) is 0 Å². The van der Waals surface area contributed by atoms with E-state index in [1.165, 1.54) is 0 Å². The highest BCUT2D eigenvalue weighted by molar-refractivity contribution is 7.80. The third kappa shape index (κ3) is 12.2. The van der Waals surface area contributed by atoms with E-state index in [0.717, 1.165) is 13.8 Å². The number of aliphatic hydroxyl groups excluding tert-OH is 14. The first kappa shape index (κ1) is 52.0. The van der Waals surface area contributed by atoms with Gasteiger partial charge in [0.25, 0.3) is 0 Å². The lowest BCUT2D eigenvalue weighted by Gasteiger charge is -2.50. The number of amides is 2. The molecule has 4 saturated heterocycles. The second-order valence-corrected chi connectivity index (χ2v) is 15.4. The summed E-state index contributed by atoms with van der Waals surface area (Å²) >= 11 is 4.22. The summed E-state index contributed by atoms with van der Waals surface area (Å²) in [5, 5.41) is 160. The lowest BCUT2D eigenvalue weighted by atomic mass is 9.94. The molecule has 0 aliphatic carbocycles. The molecule has 18 N–H and O–H groups in total. The van der Waals surface area contributed by atoms with E-state index in [9.17, 15) is 76.0 Å². The molecule has 27 nitrogen and oxygen atoms in total. The number of nitrogens with one attached hydrogen (secondary N) is 2. The Morgan fingerprint density at radius 2 is 1.08 bits per heavy atom. The van der Waals surface area contributed by atoms with Crippen LogP contribution >= 0.6 is 12.6 Å². The second-order valence-electron chi connectivity index (χ2n) is 14.9. The van der Waals surface area contributed by atoms with Crippen molar-refractivity contribution in [3.63, 3.8) is 0 Å². The van der Waals surface area contributed by atoms with Crippen molar-refractivity contribution in [1.29, 1.82) is 0 Å². The molecule has 0 spiro atoms. The van der Waals surface area contributed by atoms with E-state index < -0.39 is 191 Å². The maximum Gasteiger partial charge on any atom is 0.217 e. The molecular formula is C33H59N2O25S+. The Balaban J connectivity index is 1.64. The monoisotopic (exact) mass is 915 g/mol. The van der Waals surface area contributed by atoms with Crippen LogP contribution in [0.5, 0.6) is 0 Å². The number of ether oxygens (including phenoxy) is 8. The average Bonchev–Trinajstić information content (AvgIpc) is 3.21. The molecule has 356 valence electrons. The fraction of sp³-hybridized carbons (Fsp3) is 0.939. The van der Waals surface area contributed by atoms with Crippen LogP contribution in [0.25, 0.3) is 0 Å². The second kappa shape index (κ2) is 23.0. The molecule has 24 unspecified atom stereocenters. The Morgan fingerprint density at radius 3 is 1.64 bits per heavy atom. The van der Waals surface area contributed by atoms with Crippen LogP contribution in [0.4, 0.5) is 0 Å². The van der Waals surface area contributed by atoms with Crippen molar-refractivity contribution in [2.24, 2.45) is 0 Å². The standard InChI is InChI=1S/C33H58N2O25S/c1-8(40)34-14-18(45)25(12(6-38)54-29(14)56-26-13(7-39)55-33(61)15(19(26)46)35-9(2)41)57-31-23(50)27(58-30-22(49)20(47)17(44)11(5-37)53-30)24(51)32(60-31)59-28(52)21(48)16(43)10(42)3-4-36/h10-33,36-39,42-52,61H,3-7H2,1-2H3,(H,34,40)(H,35,41)/p+1. The summed E-state index contributed by atoms with van der Waals surface area (Å²) in [5.41, 5.74) is -1.14. The van der Waals surface area contributed by atoms with Gasteiger partial charge in [0.1, 0.15) is 84.7 Å². The van der Waals surface area contributed by atoms with Crippen molar-refractivity contribution in [2.75, 3.05) is 26.4 Å². The Morgan fingerprint density at radius 1 is 0.607 bits per heavy atom. The zero-order valence-corrected chi connectivity index (χ0v) is 33.6. The van der Waals surface area contributed by atoms with Crippen LogP contribution in [-0.2, 0) is 47.5 Å². The van der Waals surface area contributed by atoms with Gasteiger partial charge in [-0.3, -0.25) is 9.59 Å². The highest BCUT2D eigenvalue weighted by Crippen LogP contribution is 2.35. The molecule has 0 radical (unpaired) electrons. The summed E-state index contributed by atoms with van der Waals surface area (Å²) in [7, 11) is 0. The normalized spacial score (nSPS) is 44.1. The quantitative estimate of drug-likeness (QED) is 0.0345. The minimum absolute atomic E-state index is 0.455. The maximum absolute atomic E-state index is 12.4. The molecule has 0 bridgehead atoms. The number of hydrogen-bond acceptors (Lipinski definition) is 25. The first-order chi connectivity index (χ1) is 28.7. The van der Waals surface area contributed by atoms with Crippen LogP contribution in [0, 0.1) is 0 Å². The van der Waals surface area contributed by atoms with E-state index in [4.69, 9.17) is 48.1 Å². The minimum atomic E-state index is -2.53. The predicted molar refractivity (Wildman–Crippen MR) is 195 cm³/mol. The lowest BCUT2D eigenvalue weighted by Crippen LogP contribution is -2.70. The van der Waals surface area contributed by atoms with Crippen LogP contribution in [-0.4, -0.2) is 261 Å². The van der Waals surface area contributed by atoms with Crippen LogP contribution in [0.1, 0.15) is 20.3 Å². The summed E-state index contributed by atoms with van der Waals surface area (Å²) in [4.78, 5) is 24.3. The van der Waals surface area contributed by atoms with Gasteiger partial charge in [-0.2, -0.15) is 0 Å². The van der Waals surface area contributed by atoms with Gasteiger partial charge in [0.2, 0.25) is 17.9 Å². The summed E-state index contributed by atoms with van der Waals surface area (Å²) in [6.07, 6.45) is -41.4. The molecule has 4 aliphatic heterocycles. The van der Waals surface area contributed by atoms with Crippen LogP contribution in [0.2, 0.25) is 0 Å². The lowest BCUT2D eigenvalue weighted by molar-refractivity contribution is -0.414. The minimum Gasteiger partial charge on any atom is -0.439 e. The smallest absolute Gasteiger partial charge is 0.217 e. The number of rotatable bonds is 18. The number of thiol groups is 1. The highest BCUT2D eigenvalue weighted by Gasteiger charge is 2.57. The molecule has 61 heavy (non-hydrogen) atoms. The number of hydrogen-bond donors (Lipinski definition) is 17. The summed E-state index contributed by atoms with van der Waals surface area (Å²) in [6, 6.07) is -2.89. The van der Waals surface area contributed by atoms with Crippen LogP contribution in [0.15, 0.2) is 0 Å². The molecule has 0 aromatic rings. The molecule has 4 heterocycles. The number of carbonyl (C=O) groups is 2. The zero-order chi connectivity index (χ0) is 45.6. The third-order valence-corrected chi connectivity index (χ3v) is 10.9. The Labute approximate surface area is 352 Å². The number of aliphatic hydroxyl groups is 14. The molecule has 4 fully saturated rings. The fourth-order valence-corrected chi connectivity index (χ4v) is 7.56. The third-order valence-electron chi connectivity index (χ3n) is 10.5. The average molecular weight is 916 g/mol. The molecule has 0 saturated carbocycles. The Hall–Kier alpha value is -1.63. The van der Waals surface area contributed by atoms with E-state index in [2.05, 4.69) is 23.3 Å². The zero-order valence-electron chi connectivity index (χ0n) is 32.7. The van der Waals surface area contributed by atoms with Gasteiger partial charge in [0.05, 0.1) is 32.0 Å². The van der Waals surface area contributed by atoms with E-state index in [1.807, 2.05) is 0 Å². The molecule has 28 heteroatoms. The first-order valence-electron chi connectivity index (χ1n) is 19.1. The number of carbonyl (C=O) groups excluding carboxylic acids is 2. The molecule has 4 aliphatic rings. The molecule has 0 aromatic heterocycles. The van der Waals surface area contributed by atoms with E-state index in [1.54, 1.807) is 0 Å². The summed E-state index contributed by atoms with van der Waals surface area (Å²) in [5.74, 6) is -1.39. The Bertz CT molecular complexity index is 1380. The predicted octanol–water partition coefficient (Wildman–Crippen LogP) is -11.0. The van der Waals surface area contributed by atoms with Crippen molar-refractivity contribution in [3.05, 3.63) is 0 Å². The van der Waals surface area contributed by atoms with Gasteiger partial charge in [-0.1, -0.05) is 0 Å². The summed E-state index contributed by atoms with van der Waals surface area (Å²) < 4.78 is 45.1. The Kier molecular flexibility index (Phi) is 19.6. The largest absolute Gasteiger partial charge is 0.439 e. The molecule has 2 amide bonds. The van der Waals surface area contributed by atoms with Gasteiger partial charge in [0, 0.05) is 20.5 Å². The van der Waals surface area contributed by atoms with Gasteiger partial charge in [0.15, 0.2) is 43.7 Å². The van der Waals surface area contributed by atoms with Crippen molar-refractivity contribution < 1.29 is 124 Å². The molecule has 4 rings (SSSR count).